The van der Waals surface area contributed by atoms with E-state index in [4.69, 9.17) is 4.74 Å². The summed E-state index contributed by atoms with van der Waals surface area (Å²) in [7, 11) is 0. The van der Waals surface area contributed by atoms with Gasteiger partial charge in [-0.05, 0) is 6.54 Å². The fraction of sp³-hybridized carbons (Fsp3) is 0.727. The highest BCUT2D eigenvalue weighted by Gasteiger charge is 2.26. The highest BCUT2D eigenvalue weighted by molar-refractivity contribution is 7.09. The summed E-state index contributed by atoms with van der Waals surface area (Å²) >= 11 is 1.58. The van der Waals surface area contributed by atoms with Gasteiger partial charge in [0.1, 0.15) is 0 Å². The van der Waals surface area contributed by atoms with Gasteiger partial charge in [0.2, 0.25) is 0 Å². The lowest BCUT2D eigenvalue weighted by Gasteiger charge is -2.34. The lowest BCUT2D eigenvalue weighted by atomic mass is 10.1. The number of thiazole rings is 1. The lowest BCUT2D eigenvalue weighted by molar-refractivity contribution is -0.0867. The lowest BCUT2D eigenvalue weighted by Crippen LogP contribution is -2.48. The van der Waals surface area contributed by atoms with Crippen molar-refractivity contribution in [1.29, 1.82) is 0 Å². The molecule has 0 radical (unpaired) electrons. The molecule has 2 rings (SSSR count). The Kier molecular flexibility index (Phi) is 4.29. The second-order valence-corrected chi connectivity index (χ2v) is 4.98. The minimum absolute atomic E-state index is 0.0717. The molecular formula is C11H18N2O2S. The van der Waals surface area contributed by atoms with Crippen LogP contribution in [-0.2, 0) is 11.2 Å². The molecule has 4 nitrogen and oxygen atoms in total. The second kappa shape index (κ2) is 5.72. The largest absolute Gasteiger partial charge is 0.390 e. The summed E-state index contributed by atoms with van der Waals surface area (Å²) in [5.74, 6) is 0. The molecule has 1 saturated heterocycles. The summed E-state index contributed by atoms with van der Waals surface area (Å²) in [5.41, 5.74) is 0. The maximum absolute atomic E-state index is 10.1. The smallest absolute Gasteiger partial charge is 0.0965 e. The van der Waals surface area contributed by atoms with Gasteiger partial charge in [0.15, 0.2) is 0 Å². The van der Waals surface area contributed by atoms with Gasteiger partial charge >= 0.3 is 0 Å². The average Bonchev–Trinajstić information content (AvgIpc) is 2.82. The second-order valence-electron chi connectivity index (χ2n) is 4.00. The molecule has 1 aromatic rings. The quantitative estimate of drug-likeness (QED) is 0.847. The van der Waals surface area contributed by atoms with E-state index in [9.17, 15) is 5.11 Å². The van der Waals surface area contributed by atoms with Gasteiger partial charge in [-0.2, -0.15) is 0 Å². The number of rotatable bonds is 4. The summed E-state index contributed by atoms with van der Waals surface area (Å²) in [6, 6.07) is 0. The average molecular weight is 242 g/mol. The van der Waals surface area contributed by atoms with Crippen LogP contribution in [0.5, 0.6) is 0 Å². The van der Waals surface area contributed by atoms with Crippen LogP contribution in [0.25, 0.3) is 0 Å². The molecule has 0 aromatic carbocycles. The zero-order valence-corrected chi connectivity index (χ0v) is 10.3. The van der Waals surface area contributed by atoms with Crippen molar-refractivity contribution in [3.8, 4) is 0 Å². The van der Waals surface area contributed by atoms with Crippen LogP contribution < -0.4 is 0 Å². The first-order valence-electron chi connectivity index (χ1n) is 5.70. The molecule has 2 heterocycles. The third-order valence-electron chi connectivity index (χ3n) is 2.92. The number of likely N-dealkylation sites (N-methyl/N-ethyl adjacent to an activating group) is 1. The van der Waals surface area contributed by atoms with Crippen molar-refractivity contribution in [3.05, 3.63) is 16.6 Å². The first-order chi connectivity index (χ1) is 7.79. The standard InChI is InChI=1S/C11H18N2O2S/c1-2-13-4-5-15-10(8-13)9(14)7-11-12-3-6-16-11/h3,6,9-10,14H,2,4-5,7-8H2,1H3. The molecule has 1 aliphatic rings. The van der Waals surface area contributed by atoms with Crippen LogP contribution in [-0.4, -0.2) is 53.4 Å². The summed E-state index contributed by atoms with van der Waals surface area (Å²) in [6.45, 7) is 5.66. The van der Waals surface area contributed by atoms with Crippen LogP contribution >= 0.6 is 11.3 Å². The summed E-state index contributed by atoms with van der Waals surface area (Å²) < 4.78 is 5.61. The van der Waals surface area contributed by atoms with Gasteiger partial charge in [-0.15, -0.1) is 11.3 Å². The Bertz CT molecular complexity index is 305. The molecular weight excluding hydrogens is 224 g/mol. The van der Waals surface area contributed by atoms with E-state index >= 15 is 0 Å². The fourth-order valence-electron chi connectivity index (χ4n) is 1.92. The Morgan fingerprint density at radius 3 is 3.31 bits per heavy atom. The first-order valence-corrected chi connectivity index (χ1v) is 6.58. The Labute approximate surface area is 99.9 Å². The van der Waals surface area contributed by atoms with Crippen molar-refractivity contribution in [2.45, 2.75) is 25.6 Å². The summed E-state index contributed by atoms with van der Waals surface area (Å²) in [4.78, 5) is 6.48. The number of ether oxygens (including phenoxy) is 1. The molecule has 90 valence electrons. The number of morpholine rings is 1. The zero-order valence-electron chi connectivity index (χ0n) is 9.50. The van der Waals surface area contributed by atoms with E-state index in [0.717, 1.165) is 24.6 Å². The number of hydrogen-bond donors (Lipinski definition) is 1. The van der Waals surface area contributed by atoms with Gasteiger partial charge < -0.3 is 9.84 Å². The molecule has 1 aromatic heterocycles. The van der Waals surface area contributed by atoms with Crippen LogP contribution in [0.2, 0.25) is 0 Å². The van der Waals surface area contributed by atoms with Crippen molar-refractivity contribution in [2.24, 2.45) is 0 Å². The van der Waals surface area contributed by atoms with E-state index < -0.39 is 6.10 Å². The van der Waals surface area contributed by atoms with Crippen molar-refractivity contribution >= 4 is 11.3 Å². The normalized spacial score (nSPS) is 24.5. The zero-order chi connectivity index (χ0) is 11.4. The van der Waals surface area contributed by atoms with Gasteiger partial charge in [0, 0.05) is 31.1 Å². The fourth-order valence-corrected chi connectivity index (χ4v) is 2.58. The van der Waals surface area contributed by atoms with Crippen LogP contribution in [0.3, 0.4) is 0 Å². The van der Waals surface area contributed by atoms with Crippen molar-refractivity contribution < 1.29 is 9.84 Å². The van der Waals surface area contributed by atoms with Gasteiger partial charge in [0.05, 0.1) is 23.8 Å². The van der Waals surface area contributed by atoms with Gasteiger partial charge in [-0.25, -0.2) is 4.98 Å². The van der Waals surface area contributed by atoms with Crippen LogP contribution in [0.1, 0.15) is 11.9 Å². The van der Waals surface area contributed by atoms with Crippen LogP contribution in [0.15, 0.2) is 11.6 Å². The molecule has 0 saturated carbocycles. The maximum Gasteiger partial charge on any atom is 0.0965 e. The summed E-state index contributed by atoms with van der Waals surface area (Å²) in [5, 5.41) is 13.0. The van der Waals surface area contributed by atoms with Crippen molar-refractivity contribution in [2.75, 3.05) is 26.2 Å². The minimum atomic E-state index is -0.444. The molecule has 0 aliphatic carbocycles. The molecule has 16 heavy (non-hydrogen) atoms. The molecule has 1 N–H and O–H groups in total. The highest BCUT2D eigenvalue weighted by Crippen LogP contribution is 2.14. The Balaban J connectivity index is 1.86. The number of nitrogens with zero attached hydrogens (tertiary/aromatic N) is 2. The SMILES string of the molecule is CCN1CCOC(C(O)Cc2nccs2)C1. The molecule has 2 atom stereocenters. The topological polar surface area (TPSA) is 45.6 Å². The van der Waals surface area contributed by atoms with E-state index in [0.29, 0.717) is 13.0 Å². The van der Waals surface area contributed by atoms with Crippen LogP contribution in [0.4, 0.5) is 0 Å². The maximum atomic E-state index is 10.1. The first kappa shape index (κ1) is 12.0. The molecule has 1 fully saturated rings. The highest BCUT2D eigenvalue weighted by atomic mass is 32.1. The molecule has 0 spiro atoms. The number of aliphatic hydroxyl groups is 1. The predicted molar refractivity (Wildman–Crippen MR) is 63.7 cm³/mol. The molecule has 2 unspecified atom stereocenters. The number of aromatic nitrogens is 1. The Hall–Kier alpha value is -0.490. The van der Waals surface area contributed by atoms with Crippen LogP contribution in [0, 0.1) is 0 Å². The van der Waals surface area contributed by atoms with E-state index in [1.807, 2.05) is 5.38 Å². The minimum Gasteiger partial charge on any atom is -0.390 e. The number of aliphatic hydroxyl groups excluding tert-OH is 1. The summed E-state index contributed by atoms with van der Waals surface area (Å²) in [6.07, 6.45) is 1.85. The van der Waals surface area contributed by atoms with E-state index in [1.54, 1.807) is 17.5 Å². The molecule has 5 heteroatoms. The van der Waals surface area contributed by atoms with E-state index in [-0.39, 0.29) is 6.10 Å². The van der Waals surface area contributed by atoms with Gasteiger partial charge in [-0.1, -0.05) is 6.92 Å². The Morgan fingerprint density at radius 2 is 2.62 bits per heavy atom. The van der Waals surface area contributed by atoms with E-state index in [1.165, 1.54) is 0 Å². The van der Waals surface area contributed by atoms with Gasteiger partial charge in [0.25, 0.3) is 0 Å². The van der Waals surface area contributed by atoms with E-state index in [2.05, 4.69) is 16.8 Å². The third kappa shape index (κ3) is 3.01. The Morgan fingerprint density at radius 1 is 1.75 bits per heavy atom. The third-order valence-corrected chi connectivity index (χ3v) is 3.72. The number of hydrogen-bond acceptors (Lipinski definition) is 5. The molecule has 0 bridgehead atoms. The molecule has 1 aliphatic heterocycles. The molecule has 0 amide bonds. The monoisotopic (exact) mass is 242 g/mol. The van der Waals surface area contributed by atoms with Gasteiger partial charge in [-0.3, -0.25) is 4.90 Å². The van der Waals surface area contributed by atoms with Crippen molar-refractivity contribution in [3.63, 3.8) is 0 Å². The predicted octanol–water partition coefficient (Wildman–Crippen LogP) is 0.767. The van der Waals surface area contributed by atoms with Crippen molar-refractivity contribution in [1.82, 2.24) is 9.88 Å².